The second kappa shape index (κ2) is 5.14. The van der Waals surface area contributed by atoms with Crippen LogP contribution in [0.1, 0.15) is 12.8 Å². The number of hydrogen-bond donors (Lipinski definition) is 0. The fourth-order valence-corrected chi connectivity index (χ4v) is 2.25. The Kier molecular flexibility index (Phi) is 3.75. The van der Waals surface area contributed by atoms with Crippen LogP contribution in [0.4, 0.5) is 19.0 Å². The van der Waals surface area contributed by atoms with Crippen molar-refractivity contribution >= 4 is 5.82 Å². The van der Waals surface area contributed by atoms with E-state index >= 15 is 0 Å². The number of anilines is 1. The Hall–Kier alpha value is -1.30. The lowest BCUT2D eigenvalue weighted by Gasteiger charge is -2.35. The highest BCUT2D eigenvalue weighted by Gasteiger charge is 2.24. The van der Waals surface area contributed by atoms with Gasteiger partial charge in [-0.2, -0.15) is 9.37 Å². The number of aromatic nitrogens is 1. The Morgan fingerprint density at radius 2 is 1.78 bits per heavy atom. The number of halogens is 3. The average Bonchev–Trinajstić information content (AvgIpc) is 2.34. The molecule has 1 aliphatic heterocycles. The van der Waals surface area contributed by atoms with Crippen molar-refractivity contribution in [2.45, 2.75) is 18.9 Å². The molecule has 0 N–H and O–H groups in total. The maximum atomic E-state index is 13.5. The first-order valence-corrected chi connectivity index (χ1v) is 5.92. The van der Waals surface area contributed by atoms with Crippen LogP contribution in [0.15, 0.2) is 6.07 Å². The highest BCUT2D eigenvalue weighted by Crippen LogP contribution is 2.23. The first-order chi connectivity index (χ1) is 8.49. The van der Waals surface area contributed by atoms with Crippen molar-refractivity contribution in [1.29, 1.82) is 0 Å². The summed E-state index contributed by atoms with van der Waals surface area (Å²) < 4.78 is 39.4. The smallest absolute Gasteiger partial charge is 0.251 e. The van der Waals surface area contributed by atoms with Gasteiger partial charge in [-0.25, -0.2) is 8.78 Å². The van der Waals surface area contributed by atoms with Crippen molar-refractivity contribution in [2.24, 2.45) is 0 Å². The van der Waals surface area contributed by atoms with Crippen LogP contribution in [-0.2, 0) is 0 Å². The second-order valence-corrected chi connectivity index (χ2v) is 4.75. The summed E-state index contributed by atoms with van der Waals surface area (Å²) in [5, 5.41) is 0. The van der Waals surface area contributed by atoms with Crippen LogP contribution in [0.2, 0.25) is 0 Å². The average molecular weight is 259 g/mol. The van der Waals surface area contributed by atoms with Gasteiger partial charge in [-0.15, -0.1) is 0 Å². The molecule has 0 saturated carbocycles. The minimum Gasteiger partial charge on any atom is -0.354 e. The van der Waals surface area contributed by atoms with E-state index in [0.29, 0.717) is 25.2 Å². The van der Waals surface area contributed by atoms with Crippen molar-refractivity contribution in [3.8, 4) is 0 Å². The van der Waals surface area contributed by atoms with Crippen LogP contribution in [0, 0.1) is 17.6 Å². The number of hydrogen-bond acceptors (Lipinski definition) is 3. The molecule has 100 valence electrons. The van der Waals surface area contributed by atoms with E-state index in [0.717, 1.165) is 12.8 Å². The Balaban J connectivity index is 2.12. The molecule has 3 nitrogen and oxygen atoms in total. The Bertz CT molecular complexity index is 429. The molecule has 1 fully saturated rings. The molecule has 18 heavy (non-hydrogen) atoms. The van der Waals surface area contributed by atoms with E-state index in [1.165, 1.54) is 0 Å². The minimum atomic E-state index is -1.25. The van der Waals surface area contributed by atoms with Crippen LogP contribution in [0.3, 0.4) is 0 Å². The lowest BCUT2D eigenvalue weighted by molar-refractivity contribution is 0.248. The van der Waals surface area contributed by atoms with Gasteiger partial charge in [0.2, 0.25) is 0 Å². The van der Waals surface area contributed by atoms with E-state index in [4.69, 9.17) is 0 Å². The summed E-state index contributed by atoms with van der Waals surface area (Å²) in [6.45, 7) is 1.19. The van der Waals surface area contributed by atoms with Crippen LogP contribution >= 0.6 is 0 Å². The lowest BCUT2D eigenvalue weighted by atomic mass is 10.0. The molecule has 1 aromatic rings. The van der Waals surface area contributed by atoms with Crippen LogP contribution in [0.25, 0.3) is 0 Å². The van der Waals surface area contributed by atoms with Crippen molar-refractivity contribution in [1.82, 2.24) is 9.88 Å². The normalized spacial score (nSPS) is 17.6. The molecular formula is C12H16F3N3. The van der Waals surface area contributed by atoms with Gasteiger partial charge in [0.05, 0.1) is 0 Å². The first kappa shape index (κ1) is 13.1. The molecule has 0 spiro atoms. The van der Waals surface area contributed by atoms with Gasteiger partial charge in [0.15, 0.2) is 17.5 Å². The highest BCUT2D eigenvalue weighted by molar-refractivity contribution is 5.40. The van der Waals surface area contributed by atoms with Crippen molar-refractivity contribution in [3.05, 3.63) is 23.6 Å². The molecule has 0 aromatic carbocycles. The van der Waals surface area contributed by atoms with Crippen LogP contribution < -0.4 is 4.90 Å². The van der Waals surface area contributed by atoms with Crippen molar-refractivity contribution < 1.29 is 13.2 Å². The molecule has 2 heterocycles. The molecular weight excluding hydrogens is 243 g/mol. The van der Waals surface area contributed by atoms with Crippen molar-refractivity contribution in [3.63, 3.8) is 0 Å². The molecule has 0 radical (unpaired) electrons. The number of nitrogens with zero attached hydrogens (tertiary/aromatic N) is 3. The van der Waals surface area contributed by atoms with Gasteiger partial charge in [0.1, 0.15) is 0 Å². The van der Waals surface area contributed by atoms with Gasteiger partial charge in [0.25, 0.3) is 5.95 Å². The molecule has 1 saturated heterocycles. The topological polar surface area (TPSA) is 19.4 Å². The minimum absolute atomic E-state index is 0.0916. The summed E-state index contributed by atoms with van der Waals surface area (Å²) in [6, 6.07) is 0.991. The van der Waals surface area contributed by atoms with Crippen molar-refractivity contribution in [2.75, 3.05) is 32.1 Å². The molecule has 0 bridgehead atoms. The van der Waals surface area contributed by atoms with Gasteiger partial charge >= 0.3 is 0 Å². The van der Waals surface area contributed by atoms with E-state index in [-0.39, 0.29) is 5.82 Å². The predicted octanol–water partition coefficient (Wildman–Crippen LogP) is 2.03. The zero-order chi connectivity index (χ0) is 13.3. The monoisotopic (exact) mass is 259 g/mol. The summed E-state index contributed by atoms with van der Waals surface area (Å²) in [7, 11) is 3.99. The van der Waals surface area contributed by atoms with E-state index < -0.39 is 17.6 Å². The van der Waals surface area contributed by atoms with Gasteiger partial charge in [-0.05, 0) is 26.9 Å². The van der Waals surface area contributed by atoms with E-state index in [1.54, 1.807) is 4.90 Å². The Labute approximate surface area is 104 Å². The molecule has 6 heteroatoms. The molecule has 2 rings (SSSR count). The third-order valence-corrected chi connectivity index (χ3v) is 3.36. The van der Waals surface area contributed by atoms with Crippen LogP contribution in [0.5, 0.6) is 0 Å². The van der Waals surface area contributed by atoms with E-state index in [1.807, 2.05) is 14.1 Å². The molecule has 0 atom stereocenters. The fraction of sp³-hybridized carbons (Fsp3) is 0.583. The molecule has 1 aromatic heterocycles. The summed E-state index contributed by atoms with van der Waals surface area (Å²) in [5.41, 5.74) is 0. The quantitative estimate of drug-likeness (QED) is 0.758. The summed E-state index contributed by atoms with van der Waals surface area (Å²) in [6.07, 6.45) is 1.71. The zero-order valence-corrected chi connectivity index (χ0v) is 10.5. The zero-order valence-electron chi connectivity index (χ0n) is 10.5. The number of pyridine rings is 1. The molecule has 1 aliphatic rings. The Morgan fingerprint density at radius 1 is 1.17 bits per heavy atom. The standard InChI is InChI=1S/C12H16F3N3/c1-17(2)8-3-5-18(6-4-8)12-10(14)7-9(13)11(15)16-12/h7-8H,3-6H2,1-2H3. The van der Waals surface area contributed by atoms with Crippen LogP contribution in [-0.4, -0.2) is 43.1 Å². The maximum Gasteiger partial charge on any atom is 0.251 e. The Morgan fingerprint density at radius 3 is 2.33 bits per heavy atom. The molecule has 0 amide bonds. The summed E-state index contributed by atoms with van der Waals surface area (Å²) in [5.74, 6) is -3.40. The predicted molar refractivity (Wildman–Crippen MR) is 63.0 cm³/mol. The van der Waals surface area contributed by atoms with Gasteiger partial charge in [-0.3, -0.25) is 0 Å². The van der Waals surface area contributed by atoms with Gasteiger partial charge < -0.3 is 9.80 Å². The molecule has 0 unspecified atom stereocenters. The van der Waals surface area contributed by atoms with Gasteiger partial charge in [0, 0.05) is 25.2 Å². The number of rotatable bonds is 2. The fourth-order valence-electron chi connectivity index (χ4n) is 2.25. The number of piperidine rings is 1. The van der Waals surface area contributed by atoms with Gasteiger partial charge in [-0.1, -0.05) is 0 Å². The highest BCUT2D eigenvalue weighted by atomic mass is 19.2. The summed E-state index contributed by atoms with van der Waals surface area (Å²) in [4.78, 5) is 7.14. The maximum absolute atomic E-state index is 13.5. The molecule has 0 aliphatic carbocycles. The summed E-state index contributed by atoms with van der Waals surface area (Å²) >= 11 is 0. The lowest BCUT2D eigenvalue weighted by Crippen LogP contribution is -2.42. The second-order valence-electron chi connectivity index (χ2n) is 4.75. The van der Waals surface area contributed by atoms with E-state index in [9.17, 15) is 13.2 Å². The first-order valence-electron chi connectivity index (χ1n) is 5.92. The van der Waals surface area contributed by atoms with E-state index in [2.05, 4.69) is 9.88 Å². The SMILES string of the molecule is CN(C)C1CCN(c2nc(F)c(F)cc2F)CC1. The third-order valence-electron chi connectivity index (χ3n) is 3.36. The third kappa shape index (κ3) is 2.58. The largest absolute Gasteiger partial charge is 0.354 e.